The number of nitrogens with zero attached hydrogens (tertiary/aromatic N) is 4. The molecule has 2 aromatic heterocycles. The molecule has 1 saturated heterocycles. The van der Waals surface area contributed by atoms with Crippen molar-refractivity contribution >= 4 is 11.8 Å². The summed E-state index contributed by atoms with van der Waals surface area (Å²) in [7, 11) is 1.66. The predicted octanol–water partition coefficient (Wildman–Crippen LogP) is 2.97. The molecule has 1 aliphatic rings. The largest absolute Gasteiger partial charge is 0.496 e. The van der Waals surface area contributed by atoms with Gasteiger partial charge in [0.1, 0.15) is 17.3 Å². The van der Waals surface area contributed by atoms with E-state index in [2.05, 4.69) is 15.0 Å². The lowest BCUT2D eigenvalue weighted by Crippen LogP contribution is -2.40. The number of likely N-dealkylation sites (tertiary alicyclic amines) is 1. The number of nitrogens with two attached hydrogens (primary N) is 1. The molecule has 1 aliphatic heterocycles. The Morgan fingerprint density at radius 2 is 1.97 bits per heavy atom. The summed E-state index contributed by atoms with van der Waals surface area (Å²) in [5.74, 6) is 1.03. The lowest BCUT2D eigenvalue weighted by Gasteiger charge is -2.32. The van der Waals surface area contributed by atoms with E-state index < -0.39 is 5.91 Å². The molecule has 0 bridgehead atoms. The normalized spacial score (nSPS) is 15.7. The molecule has 2 amide bonds. The number of piperidine rings is 1. The summed E-state index contributed by atoms with van der Waals surface area (Å²) in [4.78, 5) is 39.6. The van der Waals surface area contributed by atoms with Crippen molar-refractivity contribution in [3.8, 4) is 5.75 Å². The number of pyridine rings is 1. The molecule has 2 N–H and O–H groups in total. The third-order valence-corrected chi connectivity index (χ3v) is 6.08. The van der Waals surface area contributed by atoms with Gasteiger partial charge in [0.25, 0.3) is 11.8 Å². The molecule has 1 atom stereocenters. The molecule has 1 fully saturated rings. The summed E-state index contributed by atoms with van der Waals surface area (Å²) in [6, 6.07) is 13.2. The van der Waals surface area contributed by atoms with E-state index in [9.17, 15) is 9.59 Å². The molecule has 0 unspecified atom stereocenters. The molecule has 176 valence electrons. The van der Waals surface area contributed by atoms with E-state index in [-0.39, 0.29) is 17.5 Å². The quantitative estimate of drug-likeness (QED) is 0.581. The number of carbonyl (C=O) groups excluding carboxylic acids is 2. The number of ether oxygens (including phenoxy) is 1. The Morgan fingerprint density at radius 3 is 2.71 bits per heavy atom. The van der Waals surface area contributed by atoms with Crippen LogP contribution in [0.5, 0.6) is 5.75 Å². The highest BCUT2D eigenvalue weighted by molar-refractivity contribution is 5.94. The molecule has 3 heterocycles. The second-order valence-corrected chi connectivity index (χ2v) is 8.65. The Hall–Kier alpha value is -3.81. The van der Waals surface area contributed by atoms with E-state index in [1.165, 1.54) is 0 Å². The van der Waals surface area contributed by atoms with Gasteiger partial charge >= 0.3 is 0 Å². The highest BCUT2D eigenvalue weighted by atomic mass is 16.5. The standard InChI is InChI=1S/C26H29N5O3/c1-17-29-22(14-23(30-17)25(27)32)12-18-6-5-11-31(16-18)26(33)20-9-10-21(28-15-20)13-19-7-3-4-8-24(19)34-2/h3-4,7-10,14-15,18H,5-6,11-13,16H2,1-2H3,(H2,27,32)/t18-/m1/s1. The molecule has 4 rings (SSSR count). The van der Waals surface area contributed by atoms with Gasteiger partial charge in [-0.3, -0.25) is 14.6 Å². The fourth-order valence-corrected chi connectivity index (χ4v) is 4.45. The van der Waals surface area contributed by atoms with Crippen molar-refractivity contribution in [3.05, 3.63) is 82.7 Å². The van der Waals surface area contributed by atoms with Gasteiger partial charge in [0.15, 0.2) is 0 Å². The summed E-state index contributed by atoms with van der Waals surface area (Å²) in [5.41, 5.74) is 8.90. The average Bonchev–Trinajstić information content (AvgIpc) is 2.84. The van der Waals surface area contributed by atoms with Crippen molar-refractivity contribution in [3.63, 3.8) is 0 Å². The Morgan fingerprint density at radius 1 is 1.15 bits per heavy atom. The van der Waals surface area contributed by atoms with Gasteiger partial charge in [0.2, 0.25) is 0 Å². The number of para-hydroxylation sites is 1. The number of benzene rings is 1. The molecule has 0 aliphatic carbocycles. The first-order valence-corrected chi connectivity index (χ1v) is 11.4. The van der Waals surface area contributed by atoms with Crippen LogP contribution in [0.3, 0.4) is 0 Å². The van der Waals surface area contributed by atoms with Gasteiger partial charge in [0, 0.05) is 42.7 Å². The first-order chi connectivity index (χ1) is 16.4. The molecule has 3 aromatic rings. The molecule has 1 aromatic carbocycles. The lowest BCUT2D eigenvalue weighted by atomic mass is 9.92. The van der Waals surface area contributed by atoms with Crippen LogP contribution >= 0.6 is 0 Å². The van der Waals surface area contributed by atoms with E-state index in [0.717, 1.165) is 35.5 Å². The van der Waals surface area contributed by atoms with Gasteiger partial charge in [-0.15, -0.1) is 0 Å². The maximum Gasteiger partial charge on any atom is 0.267 e. The number of carbonyl (C=O) groups is 2. The van der Waals surface area contributed by atoms with Crippen LogP contribution in [0, 0.1) is 12.8 Å². The van der Waals surface area contributed by atoms with Crippen LogP contribution in [0.4, 0.5) is 0 Å². The van der Waals surface area contributed by atoms with Gasteiger partial charge in [-0.1, -0.05) is 18.2 Å². The van der Waals surface area contributed by atoms with Crippen molar-refractivity contribution in [2.24, 2.45) is 11.7 Å². The number of amides is 2. The van der Waals surface area contributed by atoms with Crippen molar-refractivity contribution in [2.75, 3.05) is 20.2 Å². The molecular weight excluding hydrogens is 430 g/mol. The van der Waals surface area contributed by atoms with E-state index in [1.807, 2.05) is 41.3 Å². The van der Waals surface area contributed by atoms with Gasteiger partial charge in [-0.25, -0.2) is 9.97 Å². The van der Waals surface area contributed by atoms with Crippen LogP contribution in [-0.4, -0.2) is 51.9 Å². The van der Waals surface area contributed by atoms with Crippen LogP contribution in [0.2, 0.25) is 0 Å². The van der Waals surface area contributed by atoms with Crippen molar-refractivity contribution in [2.45, 2.75) is 32.6 Å². The molecule has 0 spiro atoms. The van der Waals surface area contributed by atoms with Crippen molar-refractivity contribution < 1.29 is 14.3 Å². The minimum atomic E-state index is -0.561. The summed E-state index contributed by atoms with van der Waals surface area (Å²) in [6.07, 6.45) is 4.88. The molecule has 34 heavy (non-hydrogen) atoms. The third-order valence-electron chi connectivity index (χ3n) is 6.08. The maximum atomic E-state index is 13.1. The summed E-state index contributed by atoms with van der Waals surface area (Å²) >= 11 is 0. The highest BCUT2D eigenvalue weighted by Gasteiger charge is 2.25. The van der Waals surface area contributed by atoms with Crippen LogP contribution in [0.25, 0.3) is 0 Å². The number of primary amides is 1. The van der Waals surface area contributed by atoms with Crippen LogP contribution in [-0.2, 0) is 12.8 Å². The molecule has 0 radical (unpaired) electrons. The van der Waals surface area contributed by atoms with Crippen molar-refractivity contribution in [1.29, 1.82) is 0 Å². The Kier molecular flexibility index (Phi) is 7.15. The Labute approximate surface area is 199 Å². The van der Waals surface area contributed by atoms with Crippen LogP contribution < -0.4 is 10.5 Å². The van der Waals surface area contributed by atoms with E-state index in [0.29, 0.717) is 37.3 Å². The van der Waals surface area contributed by atoms with E-state index in [1.54, 1.807) is 26.3 Å². The minimum Gasteiger partial charge on any atom is -0.496 e. The van der Waals surface area contributed by atoms with Crippen molar-refractivity contribution in [1.82, 2.24) is 19.9 Å². The predicted molar refractivity (Wildman–Crippen MR) is 128 cm³/mol. The van der Waals surface area contributed by atoms with Gasteiger partial charge < -0.3 is 15.4 Å². The second kappa shape index (κ2) is 10.4. The third kappa shape index (κ3) is 5.57. The number of aromatic nitrogens is 3. The zero-order valence-corrected chi connectivity index (χ0v) is 19.5. The van der Waals surface area contributed by atoms with Gasteiger partial charge in [-0.05, 0) is 56.4 Å². The van der Waals surface area contributed by atoms with E-state index >= 15 is 0 Å². The average molecular weight is 460 g/mol. The minimum absolute atomic E-state index is 0.0160. The molecule has 0 saturated carbocycles. The first kappa shape index (κ1) is 23.4. The number of aryl methyl sites for hydroxylation is 1. The van der Waals surface area contributed by atoms with Gasteiger partial charge in [0.05, 0.1) is 12.7 Å². The number of methoxy groups -OCH3 is 1. The Balaban J connectivity index is 1.40. The monoisotopic (exact) mass is 459 g/mol. The highest BCUT2D eigenvalue weighted by Crippen LogP contribution is 2.23. The summed E-state index contributed by atoms with van der Waals surface area (Å²) < 4.78 is 5.42. The van der Waals surface area contributed by atoms with Gasteiger partial charge in [-0.2, -0.15) is 0 Å². The maximum absolute atomic E-state index is 13.1. The van der Waals surface area contributed by atoms with Crippen LogP contribution in [0.1, 0.15) is 56.5 Å². The number of hydrogen-bond donors (Lipinski definition) is 1. The fraction of sp³-hybridized carbons (Fsp3) is 0.346. The SMILES string of the molecule is COc1ccccc1Cc1ccc(C(=O)N2CCC[C@H](Cc3cc(C(N)=O)nc(C)n3)C2)cn1. The zero-order chi connectivity index (χ0) is 24.1. The molecular formula is C26H29N5O3. The first-order valence-electron chi connectivity index (χ1n) is 11.4. The topological polar surface area (TPSA) is 111 Å². The van der Waals surface area contributed by atoms with E-state index in [4.69, 9.17) is 10.5 Å². The lowest BCUT2D eigenvalue weighted by molar-refractivity contribution is 0.0672. The Bertz CT molecular complexity index is 1180. The zero-order valence-electron chi connectivity index (χ0n) is 19.5. The molecule has 8 nitrogen and oxygen atoms in total. The number of rotatable bonds is 7. The fourth-order valence-electron chi connectivity index (χ4n) is 4.45. The smallest absolute Gasteiger partial charge is 0.267 e. The summed E-state index contributed by atoms with van der Waals surface area (Å²) in [5, 5.41) is 0. The number of hydrogen-bond acceptors (Lipinski definition) is 6. The molecule has 8 heteroatoms. The summed E-state index contributed by atoms with van der Waals surface area (Å²) in [6.45, 7) is 3.10. The second-order valence-electron chi connectivity index (χ2n) is 8.65. The van der Waals surface area contributed by atoms with Crippen LogP contribution in [0.15, 0.2) is 48.7 Å².